The molecule has 0 radical (unpaired) electrons. The molecular formula is C30H36O2. The third-order valence-electron chi connectivity index (χ3n) is 7.97. The highest BCUT2D eigenvalue weighted by molar-refractivity contribution is 6.11. The highest BCUT2D eigenvalue weighted by atomic mass is 16.3. The first-order chi connectivity index (χ1) is 15.2. The van der Waals surface area contributed by atoms with Crippen molar-refractivity contribution < 1.29 is 9.90 Å². The maximum atomic E-state index is 14.2. The van der Waals surface area contributed by atoms with Crippen molar-refractivity contribution >= 4 is 16.6 Å². The number of ketones is 1. The number of Topliss-reactive ketones (excluding diaryl/α,β-unsaturated/α-hetero) is 1. The van der Waals surface area contributed by atoms with Gasteiger partial charge in [-0.1, -0.05) is 87.7 Å². The van der Waals surface area contributed by atoms with Crippen LogP contribution in [0, 0.1) is 17.3 Å². The molecule has 4 rings (SSSR count). The number of unbranched alkanes of at least 4 members (excludes halogenated alkanes) is 1. The van der Waals surface area contributed by atoms with Crippen molar-refractivity contribution in [3.63, 3.8) is 0 Å². The topological polar surface area (TPSA) is 37.3 Å². The van der Waals surface area contributed by atoms with E-state index in [0.717, 1.165) is 53.1 Å². The van der Waals surface area contributed by atoms with Crippen LogP contribution in [0.1, 0.15) is 70.2 Å². The van der Waals surface area contributed by atoms with Gasteiger partial charge in [0.05, 0.1) is 5.60 Å². The van der Waals surface area contributed by atoms with E-state index in [0.29, 0.717) is 5.92 Å². The summed E-state index contributed by atoms with van der Waals surface area (Å²) in [4.78, 5) is 14.2. The van der Waals surface area contributed by atoms with Crippen molar-refractivity contribution in [1.82, 2.24) is 0 Å². The van der Waals surface area contributed by atoms with E-state index < -0.39 is 11.0 Å². The molecule has 0 aromatic heterocycles. The minimum Gasteiger partial charge on any atom is -0.390 e. The smallest absolute Gasteiger partial charge is 0.167 e. The standard InChI is InChI=1S/C30H36O2/c1-5-6-12-21-17-27(30(4,20-21)29(2,3)32)28(31)26-19-24(22-13-8-7-9-14-22)18-23-15-10-11-16-25(23)26/h7-11,13-16,18-19,21,27,32H,5-6,12,17,20H2,1-4H3. The molecule has 1 fully saturated rings. The molecular weight excluding hydrogens is 392 g/mol. The van der Waals surface area contributed by atoms with Gasteiger partial charge in [0.1, 0.15) is 0 Å². The van der Waals surface area contributed by atoms with Crippen molar-refractivity contribution in [2.75, 3.05) is 0 Å². The number of hydrogen-bond donors (Lipinski definition) is 1. The molecule has 1 aliphatic carbocycles. The molecule has 0 spiro atoms. The van der Waals surface area contributed by atoms with E-state index in [1.165, 1.54) is 6.42 Å². The van der Waals surface area contributed by atoms with Crippen molar-refractivity contribution in [1.29, 1.82) is 0 Å². The highest BCUT2D eigenvalue weighted by Crippen LogP contribution is 2.55. The van der Waals surface area contributed by atoms with E-state index in [9.17, 15) is 9.90 Å². The fraction of sp³-hybridized carbons (Fsp3) is 0.433. The van der Waals surface area contributed by atoms with Crippen LogP contribution in [-0.2, 0) is 0 Å². The summed E-state index contributed by atoms with van der Waals surface area (Å²) in [6.07, 6.45) is 5.25. The first-order valence-corrected chi connectivity index (χ1v) is 12.1. The van der Waals surface area contributed by atoms with Crippen molar-refractivity contribution in [2.45, 2.75) is 65.4 Å². The van der Waals surface area contributed by atoms with Crippen LogP contribution in [0.5, 0.6) is 0 Å². The van der Waals surface area contributed by atoms with Gasteiger partial charge in [0.15, 0.2) is 5.78 Å². The van der Waals surface area contributed by atoms with Crippen LogP contribution < -0.4 is 0 Å². The number of rotatable bonds is 7. The Morgan fingerprint density at radius 2 is 1.72 bits per heavy atom. The van der Waals surface area contributed by atoms with Gasteiger partial charge in [-0.3, -0.25) is 4.79 Å². The van der Waals surface area contributed by atoms with E-state index in [-0.39, 0.29) is 11.7 Å². The van der Waals surface area contributed by atoms with Crippen molar-refractivity contribution in [3.8, 4) is 11.1 Å². The maximum Gasteiger partial charge on any atom is 0.167 e. The minimum atomic E-state index is -0.916. The molecule has 1 saturated carbocycles. The second-order valence-electron chi connectivity index (χ2n) is 10.5. The SMILES string of the molecule is CCCCC1CC(C(=O)c2cc(-c3ccccc3)cc3ccccc23)C(C)(C(C)(C)O)C1. The van der Waals surface area contributed by atoms with Crippen LogP contribution in [-0.4, -0.2) is 16.5 Å². The van der Waals surface area contributed by atoms with Crippen LogP contribution in [0.15, 0.2) is 66.7 Å². The van der Waals surface area contributed by atoms with Crippen LogP contribution in [0.25, 0.3) is 21.9 Å². The van der Waals surface area contributed by atoms with Crippen LogP contribution >= 0.6 is 0 Å². The molecule has 0 aliphatic heterocycles. The number of hydrogen-bond acceptors (Lipinski definition) is 2. The lowest BCUT2D eigenvalue weighted by atomic mass is 9.65. The van der Waals surface area contributed by atoms with Gasteiger partial charge in [-0.05, 0) is 66.6 Å². The zero-order valence-corrected chi connectivity index (χ0v) is 19.9. The normalized spacial score (nSPS) is 23.5. The lowest BCUT2D eigenvalue weighted by Gasteiger charge is -2.42. The largest absolute Gasteiger partial charge is 0.390 e. The number of carbonyl (C=O) groups is 1. The summed E-state index contributed by atoms with van der Waals surface area (Å²) >= 11 is 0. The summed E-state index contributed by atoms with van der Waals surface area (Å²) in [7, 11) is 0. The van der Waals surface area contributed by atoms with Gasteiger partial charge >= 0.3 is 0 Å². The molecule has 1 aliphatic rings. The Morgan fingerprint density at radius 3 is 2.41 bits per heavy atom. The van der Waals surface area contributed by atoms with Crippen molar-refractivity contribution in [3.05, 3.63) is 72.3 Å². The number of aliphatic hydroxyl groups is 1. The van der Waals surface area contributed by atoms with Crippen LogP contribution in [0.2, 0.25) is 0 Å². The lowest BCUT2D eigenvalue weighted by Crippen LogP contribution is -2.46. The molecule has 1 N–H and O–H groups in total. The molecule has 0 saturated heterocycles. The number of carbonyl (C=O) groups excluding carboxylic acids is 1. The van der Waals surface area contributed by atoms with E-state index in [1.807, 2.05) is 44.2 Å². The fourth-order valence-corrected chi connectivity index (χ4v) is 5.70. The maximum absolute atomic E-state index is 14.2. The Labute approximate surface area is 192 Å². The van der Waals surface area contributed by atoms with E-state index in [1.54, 1.807) is 0 Å². The number of benzene rings is 3. The lowest BCUT2D eigenvalue weighted by molar-refractivity contribution is -0.0619. The Morgan fingerprint density at radius 1 is 1.03 bits per heavy atom. The van der Waals surface area contributed by atoms with Gasteiger partial charge in [-0.2, -0.15) is 0 Å². The highest BCUT2D eigenvalue weighted by Gasteiger charge is 2.54. The van der Waals surface area contributed by atoms with Gasteiger partial charge in [-0.25, -0.2) is 0 Å². The minimum absolute atomic E-state index is 0.182. The van der Waals surface area contributed by atoms with Gasteiger partial charge in [0.2, 0.25) is 0 Å². The molecule has 0 bridgehead atoms. The molecule has 3 atom stereocenters. The average Bonchev–Trinajstić information content (AvgIpc) is 3.14. The Hall–Kier alpha value is -2.45. The van der Waals surface area contributed by atoms with Gasteiger partial charge in [0, 0.05) is 16.9 Å². The van der Waals surface area contributed by atoms with Crippen molar-refractivity contribution in [2.24, 2.45) is 17.3 Å². The first-order valence-electron chi connectivity index (χ1n) is 12.1. The number of fused-ring (bicyclic) bond motifs is 1. The third kappa shape index (κ3) is 4.13. The zero-order chi connectivity index (χ0) is 22.9. The monoisotopic (exact) mass is 428 g/mol. The van der Waals surface area contributed by atoms with Crippen LogP contribution in [0.4, 0.5) is 0 Å². The third-order valence-corrected chi connectivity index (χ3v) is 7.97. The van der Waals surface area contributed by atoms with Gasteiger partial charge in [-0.15, -0.1) is 0 Å². The second-order valence-corrected chi connectivity index (χ2v) is 10.5. The van der Waals surface area contributed by atoms with Gasteiger partial charge in [0.25, 0.3) is 0 Å². The fourth-order valence-electron chi connectivity index (χ4n) is 5.70. The predicted octanol–water partition coefficient (Wildman–Crippen LogP) is 7.68. The second kappa shape index (κ2) is 8.83. The predicted molar refractivity (Wildman–Crippen MR) is 134 cm³/mol. The molecule has 2 heteroatoms. The molecule has 168 valence electrons. The summed E-state index contributed by atoms with van der Waals surface area (Å²) in [5.41, 5.74) is 1.62. The molecule has 2 nitrogen and oxygen atoms in total. The van der Waals surface area contributed by atoms with Crippen LogP contribution in [0.3, 0.4) is 0 Å². The molecule has 0 heterocycles. The Kier molecular flexibility index (Phi) is 6.27. The summed E-state index contributed by atoms with van der Waals surface area (Å²) in [5, 5.41) is 13.3. The van der Waals surface area contributed by atoms with E-state index in [4.69, 9.17) is 0 Å². The Bertz CT molecular complexity index is 1090. The van der Waals surface area contributed by atoms with E-state index in [2.05, 4.69) is 50.2 Å². The molecule has 32 heavy (non-hydrogen) atoms. The quantitative estimate of drug-likeness (QED) is 0.392. The summed E-state index contributed by atoms with van der Waals surface area (Å²) in [6.45, 7) is 8.11. The molecule has 3 aromatic carbocycles. The molecule has 3 unspecified atom stereocenters. The molecule has 0 amide bonds. The average molecular weight is 429 g/mol. The summed E-state index contributed by atoms with van der Waals surface area (Å²) in [6, 6.07) is 22.7. The summed E-state index contributed by atoms with van der Waals surface area (Å²) in [5.74, 6) is 0.491. The molecule has 3 aromatic rings. The first kappa shape index (κ1) is 22.7. The zero-order valence-electron chi connectivity index (χ0n) is 19.9. The Balaban J connectivity index is 1.81. The van der Waals surface area contributed by atoms with Gasteiger partial charge < -0.3 is 5.11 Å². The van der Waals surface area contributed by atoms with E-state index >= 15 is 0 Å². The summed E-state index contributed by atoms with van der Waals surface area (Å²) < 4.78 is 0.